The molecule has 1 heterocycles. The fourth-order valence-electron chi connectivity index (χ4n) is 3.70. The van der Waals surface area contributed by atoms with Crippen molar-refractivity contribution in [1.82, 2.24) is 4.90 Å². The van der Waals surface area contributed by atoms with E-state index in [-0.39, 0.29) is 17.3 Å². The van der Waals surface area contributed by atoms with E-state index in [0.29, 0.717) is 17.7 Å². The SMILES string of the molecule is CN1CC=C2C(C)(C)C(=O)C(C#N)=CC2(c2cccc(F)c2)C1=O. The maximum atomic E-state index is 13.9. The summed E-state index contributed by atoms with van der Waals surface area (Å²) in [4.78, 5) is 27.3. The Morgan fingerprint density at radius 2 is 2.00 bits per heavy atom. The number of rotatable bonds is 1. The number of ketones is 1. The van der Waals surface area contributed by atoms with Crippen molar-refractivity contribution < 1.29 is 14.0 Å². The topological polar surface area (TPSA) is 61.2 Å². The normalized spacial score (nSPS) is 25.5. The lowest BCUT2D eigenvalue weighted by Gasteiger charge is -2.47. The number of Topliss-reactive ketones (excluding diaryl/α,β-unsaturated/α-hetero) is 1. The Kier molecular flexibility index (Phi) is 3.45. The van der Waals surface area contributed by atoms with Gasteiger partial charge < -0.3 is 4.90 Å². The van der Waals surface area contributed by atoms with E-state index in [2.05, 4.69) is 0 Å². The van der Waals surface area contributed by atoms with E-state index in [1.807, 2.05) is 12.1 Å². The summed E-state index contributed by atoms with van der Waals surface area (Å²) >= 11 is 0. The average molecular weight is 324 g/mol. The van der Waals surface area contributed by atoms with Gasteiger partial charge in [0.05, 0.1) is 11.0 Å². The maximum absolute atomic E-state index is 13.9. The van der Waals surface area contributed by atoms with Gasteiger partial charge in [0.25, 0.3) is 0 Å². The molecule has 1 aromatic carbocycles. The maximum Gasteiger partial charge on any atom is 0.241 e. The number of carbonyl (C=O) groups excluding carboxylic acids is 2. The van der Waals surface area contributed by atoms with Crippen LogP contribution in [0.4, 0.5) is 4.39 Å². The number of halogens is 1. The molecule has 1 aromatic rings. The number of likely N-dealkylation sites (N-methyl/N-ethyl adjacent to an activating group) is 1. The molecule has 1 unspecified atom stereocenters. The summed E-state index contributed by atoms with van der Waals surface area (Å²) < 4.78 is 13.9. The number of benzene rings is 1. The Bertz CT molecular complexity index is 860. The van der Waals surface area contributed by atoms with Crippen LogP contribution in [0.5, 0.6) is 0 Å². The smallest absolute Gasteiger partial charge is 0.241 e. The second-order valence-corrected chi connectivity index (χ2v) is 6.75. The third kappa shape index (κ3) is 1.96. The van der Waals surface area contributed by atoms with Gasteiger partial charge in [-0.15, -0.1) is 0 Å². The molecule has 3 rings (SSSR count). The standard InChI is InChI=1S/C19H17FN2O2/c1-18(2)15-7-8-22(3)17(24)19(15,10-12(11-21)16(18)23)13-5-4-6-14(20)9-13/h4-7,9-10H,8H2,1-3H3. The highest BCUT2D eigenvalue weighted by molar-refractivity contribution is 6.11. The monoisotopic (exact) mass is 324 g/mol. The van der Waals surface area contributed by atoms with Crippen molar-refractivity contribution in [2.75, 3.05) is 13.6 Å². The van der Waals surface area contributed by atoms with Crippen LogP contribution in [-0.4, -0.2) is 30.2 Å². The van der Waals surface area contributed by atoms with E-state index in [1.54, 1.807) is 27.0 Å². The van der Waals surface area contributed by atoms with Gasteiger partial charge in [-0.25, -0.2) is 4.39 Å². The number of nitrogens with zero attached hydrogens (tertiary/aromatic N) is 2. The highest BCUT2D eigenvalue weighted by atomic mass is 19.1. The zero-order valence-electron chi connectivity index (χ0n) is 13.8. The lowest BCUT2D eigenvalue weighted by molar-refractivity contribution is -0.134. The molecule has 0 saturated heterocycles. The third-order valence-electron chi connectivity index (χ3n) is 4.93. The minimum absolute atomic E-state index is 0.0648. The van der Waals surface area contributed by atoms with Gasteiger partial charge in [0, 0.05) is 13.6 Å². The molecule has 0 spiro atoms. The number of hydrogen-bond acceptors (Lipinski definition) is 3. The zero-order valence-corrected chi connectivity index (χ0v) is 13.8. The zero-order chi connectivity index (χ0) is 17.7. The van der Waals surface area contributed by atoms with Crippen molar-refractivity contribution in [3.63, 3.8) is 0 Å². The summed E-state index contributed by atoms with van der Waals surface area (Å²) in [6.07, 6.45) is 3.24. The van der Waals surface area contributed by atoms with Crippen LogP contribution in [0.1, 0.15) is 19.4 Å². The van der Waals surface area contributed by atoms with Crippen molar-refractivity contribution in [2.24, 2.45) is 5.41 Å². The molecule has 1 amide bonds. The van der Waals surface area contributed by atoms with Crippen LogP contribution in [0.15, 0.2) is 47.6 Å². The van der Waals surface area contributed by atoms with E-state index >= 15 is 0 Å². The molecule has 122 valence electrons. The fourth-order valence-corrected chi connectivity index (χ4v) is 3.70. The Labute approximate surface area is 139 Å². The van der Waals surface area contributed by atoms with E-state index in [0.717, 1.165) is 0 Å². The summed E-state index contributed by atoms with van der Waals surface area (Å²) in [6.45, 7) is 3.79. The highest BCUT2D eigenvalue weighted by Gasteiger charge is 2.56. The summed E-state index contributed by atoms with van der Waals surface area (Å²) in [6, 6.07) is 7.69. The quantitative estimate of drug-likeness (QED) is 0.746. The molecule has 0 bridgehead atoms. The Morgan fingerprint density at radius 3 is 2.62 bits per heavy atom. The first-order valence-corrected chi connectivity index (χ1v) is 7.65. The molecule has 1 aliphatic heterocycles. The van der Waals surface area contributed by atoms with Gasteiger partial charge >= 0.3 is 0 Å². The lowest BCUT2D eigenvalue weighted by Crippen LogP contribution is -2.55. The van der Waals surface area contributed by atoms with Crippen molar-refractivity contribution in [1.29, 1.82) is 5.26 Å². The van der Waals surface area contributed by atoms with E-state index in [4.69, 9.17) is 0 Å². The Morgan fingerprint density at radius 1 is 1.29 bits per heavy atom. The van der Waals surface area contributed by atoms with Crippen molar-refractivity contribution >= 4 is 11.7 Å². The molecular formula is C19H17FN2O2. The van der Waals surface area contributed by atoms with Gasteiger partial charge in [-0.1, -0.05) is 18.2 Å². The first kappa shape index (κ1) is 16.1. The third-order valence-corrected chi connectivity index (χ3v) is 4.93. The minimum Gasteiger partial charge on any atom is -0.341 e. The predicted octanol–water partition coefficient (Wildman–Crippen LogP) is 2.52. The summed E-state index contributed by atoms with van der Waals surface area (Å²) in [5, 5.41) is 9.39. The minimum atomic E-state index is -1.32. The van der Waals surface area contributed by atoms with Crippen LogP contribution in [0, 0.1) is 22.6 Å². The summed E-state index contributed by atoms with van der Waals surface area (Å²) in [5.74, 6) is -1.05. The number of allylic oxidation sites excluding steroid dienone is 1. The summed E-state index contributed by atoms with van der Waals surface area (Å²) in [7, 11) is 1.65. The number of fused-ring (bicyclic) bond motifs is 1. The molecule has 1 aliphatic carbocycles. The molecule has 4 nitrogen and oxygen atoms in total. The van der Waals surface area contributed by atoms with Gasteiger partial charge in [-0.05, 0) is 43.2 Å². The van der Waals surface area contributed by atoms with Crippen LogP contribution >= 0.6 is 0 Å². The van der Waals surface area contributed by atoms with Crippen molar-refractivity contribution in [3.05, 3.63) is 58.9 Å². The average Bonchev–Trinajstić information content (AvgIpc) is 2.54. The Balaban J connectivity index is 2.43. The van der Waals surface area contributed by atoms with Gasteiger partial charge in [0.15, 0.2) is 5.78 Å². The molecule has 0 radical (unpaired) electrons. The van der Waals surface area contributed by atoms with E-state index in [1.165, 1.54) is 29.2 Å². The van der Waals surface area contributed by atoms with Crippen molar-refractivity contribution in [3.8, 4) is 6.07 Å². The molecule has 2 aliphatic rings. The molecule has 0 saturated carbocycles. The lowest BCUT2D eigenvalue weighted by atomic mass is 9.56. The van der Waals surface area contributed by atoms with Crippen LogP contribution in [0.25, 0.3) is 0 Å². The van der Waals surface area contributed by atoms with Gasteiger partial charge in [0.1, 0.15) is 17.3 Å². The first-order chi connectivity index (χ1) is 11.2. The van der Waals surface area contributed by atoms with Crippen LogP contribution in [-0.2, 0) is 15.0 Å². The predicted molar refractivity (Wildman–Crippen MR) is 86.3 cm³/mol. The first-order valence-electron chi connectivity index (χ1n) is 7.65. The van der Waals surface area contributed by atoms with Gasteiger partial charge in [-0.2, -0.15) is 5.26 Å². The number of hydrogen-bond donors (Lipinski definition) is 0. The summed E-state index contributed by atoms with van der Waals surface area (Å²) in [5.41, 5.74) is -1.36. The van der Waals surface area contributed by atoms with Crippen LogP contribution < -0.4 is 0 Å². The largest absolute Gasteiger partial charge is 0.341 e. The molecule has 1 atom stereocenters. The van der Waals surface area contributed by atoms with Crippen LogP contribution in [0.3, 0.4) is 0 Å². The van der Waals surface area contributed by atoms with Gasteiger partial charge in [0.2, 0.25) is 5.91 Å². The number of amides is 1. The van der Waals surface area contributed by atoms with Crippen LogP contribution in [0.2, 0.25) is 0 Å². The molecular weight excluding hydrogens is 307 g/mol. The Hall–Kier alpha value is -2.74. The number of carbonyl (C=O) groups is 2. The highest BCUT2D eigenvalue weighted by Crippen LogP contribution is 2.51. The molecule has 5 heteroatoms. The second-order valence-electron chi connectivity index (χ2n) is 6.75. The fraction of sp³-hybridized carbons (Fsp3) is 0.316. The number of nitriles is 1. The van der Waals surface area contributed by atoms with E-state index < -0.39 is 16.6 Å². The second kappa shape index (κ2) is 5.13. The molecule has 0 aromatic heterocycles. The molecule has 0 N–H and O–H groups in total. The molecule has 0 fully saturated rings. The van der Waals surface area contributed by atoms with Gasteiger partial charge in [-0.3, -0.25) is 9.59 Å². The van der Waals surface area contributed by atoms with Crippen molar-refractivity contribution in [2.45, 2.75) is 19.3 Å². The van der Waals surface area contributed by atoms with E-state index in [9.17, 15) is 19.2 Å². The molecule has 24 heavy (non-hydrogen) atoms.